The van der Waals surface area contributed by atoms with E-state index in [1.807, 2.05) is 0 Å². The molecular weight excluding hydrogens is 296 g/mol. The van der Waals surface area contributed by atoms with E-state index in [1.165, 1.54) is 0 Å². The molecule has 0 rings (SSSR count). The molecule has 0 saturated heterocycles. The standard InChI is InChI=1S/Cu.Ni.H4O7P2/c;;1-8(2,3)7-9(4,5)6/h;;(H2,1,2,3)(H2,4,5,6)/q2*+2;/p-4. The molecule has 0 aliphatic carbocycles. The molecule has 0 aromatic rings. The summed E-state index contributed by atoms with van der Waals surface area (Å²) in [5, 5.41) is 0. The van der Waals surface area contributed by atoms with Gasteiger partial charge in [-0.15, -0.1) is 0 Å². The molecule has 0 atom stereocenters. The van der Waals surface area contributed by atoms with Crippen molar-refractivity contribution in [1.29, 1.82) is 0 Å². The molecule has 11 heavy (non-hydrogen) atoms. The maximum atomic E-state index is 9.32. The summed E-state index contributed by atoms with van der Waals surface area (Å²) >= 11 is 0. The summed E-state index contributed by atoms with van der Waals surface area (Å²) in [6.45, 7) is 0. The van der Waals surface area contributed by atoms with Crippen LogP contribution in [-0.4, -0.2) is 0 Å². The van der Waals surface area contributed by atoms with Crippen LogP contribution in [0.2, 0.25) is 0 Å². The monoisotopic (exact) mass is 295 g/mol. The first kappa shape index (κ1) is 18.1. The van der Waals surface area contributed by atoms with Crippen LogP contribution < -0.4 is 19.6 Å². The van der Waals surface area contributed by atoms with Gasteiger partial charge in [0.15, 0.2) is 0 Å². The van der Waals surface area contributed by atoms with Gasteiger partial charge in [-0.2, -0.15) is 0 Å². The van der Waals surface area contributed by atoms with Gasteiger partial charge in [-0.05, 0) is 0 Å². The quantitative estimate of drug-likeness (QED) is 0.383. The molecule has 1 radical (unpaired) electrons. The Hall–Kier alpha value is 1.27. The largest absolute Gasteiger partial charge is 2.00 e. The van der Waals surface area contributed by atoms with Crippen LogP contribution in [0.5, 0.6) is 0 Å². The normalized spacial score (nSPS) is 11.3. The molecule has 0 aliphatic rings. The van der Waals surface area contributed by atoms with Crippen molar-refractivity contribution in [2.24, 2.45) is 0 Å². The van der Waals surface area contributed by atoms with Crippen LogP contribution in [0.3, 0.4) is 0 Å². The van der Waals surface area contributed by atoms with Crippen molar-refractivity contribution >= 4 is 15.6 Å². The maximum absolute atomic E-state index is 9.32. The van der Waals surface area contributed by atoms with Crippen LogP contribution in [0.25, 0.3) is 0 Å². The topological polar surface area (TPSA) is 136 Å². The first-order chi connectivity index (χ1) is 3.71. The first-order valence-electron chi connectivity index (χ1n) is 1.46. The summed E-state index contributed by atoms with van der Waals surface area (Å²) in [5.74, 6) is 0. The van der Waals surface area contributed by atoms with Crippen molar-refractivity contribution in [2.75, 3.05) is 0 Å². The van der Waals surface area contributed by atoms with E-state index < -0.39 is 15.6 Å². The molecular formula is CuNiO7P2. The van der Waals surface area contributed by atoms with E-state index in [4.69, 9.17) is 0 Å². The molecule has 0 N–H and O–H groups in total. The van der Waals surface area contributed by atoms with E-state index in [-0.39, 0.29) is 33.6 Å². The van der Waals surface area contributed by atoms with Gasteiger partial charge in [-0.1, -0.05) is 0 Å². The SMILES string of the molecule is O=P([O-])([O-])OP(=O)([O-])[O-].[Cu+2].[Ni+2]. The van der Waals surface area contributed by atoms with Crippen molar-refractivity contribution in [3.8, 4) is 0 Å². The average Bonchev–Trinajstić information content (AvgIpc) is 1.14. The van der Waals surface area contributed by atoms with E-state index >= 15 is 0 Å². The van der Waals surface area contributed by atoms with Crippen molar-refractivity contribution in [1.82, 2.24) is 0 Å². The second-order valence-corrected chi connectivity index (χ2v) is 3.42. The van der Waals surface area contributed by atoms with Gasteiger partial charge in [0.1, 0.15) is 0 Å². The molecule has 0 fully saturated rings. The van der Waals surface area contributed by atoms with Gasteiger partial charge < -0.3 is 33.0 Å². The molecule has 73 valence electrons. The van der Waals surface area contributed by atoms with E-state index in [0.29, 0.717) is 0 Å². The van der Waals surface area contributed by atoms with Crippen LogP contribution in [0.1, 0.15) is 0 Å². The van der Waals surface area contributed by atoms with Crippen molar-refractivity contribution < 1.29 is 66.6 Å². The van der Waals surface area contributed by atoms with E-state index in [1.54, 1.807) is 0 Å². The summed E-state index contributed by atoms with van der Waals surface area (Å²) in [5.41, 5.74) is 0. The van der Waals surface area contributed by atoms with E-state index in [2.05, 4.69) is 4.31 Å². The summed E-state index contributed by atoms with van der Waals surface area (Å²) in [4.78, 5) is 37.3. The van der Waals surface area contributed by atoms with Crippen molar-refractivity contribution in [3.05, 3.63) is 0 Å². The van der Waals surface area contributed by atoms with Gasteiger partial charge in [-0.25, -0.2) is 0 Å². The Balaban J connectivity index is -0.000000320. The molecule has 7 nitrogen and oxygen atoms in total. The molecule has 0 aliphatic heterocycles. The molecule has 0 aromatic heterocycles. The Kier molecular flexibility index (Phi) is 9.63. The van der Waals surface area contributed by atoms with Crippen LogP contribution >= 0.6 is 15.6 Å². The number of rotatable bonds is 2. The van der Waals surface area contributed by atoms with Gasteiger partial charge in [0, 0.05) is 0 Å². The zero-order chi connectivity index (χ0) is 7.71. The fourth-order valence-corrected chi connectivity index (χ4v) is 1.10. The molecule has 0 amide bonds. The smallest absolute Gasteiger partial charge is 0.790 e. The Morgan fingerprint density at radius 1 is 0.909 bits per heavy atom. The van der Waals surface area contributed by atoms with E-state index in [0.717, 1.165) is 0 Å². The zero-order valence-electron chi connectivity index (χ0n) is 4.37. The predicted octanol–water partition coefficient (Wildman–Crippen LogP) is -3.34. The van der Waals surface area contributed by atoms with Gasteiger partial charge >= 0.3 is 33.6 Å². The zero-order valence-corrected chi connectivity index (χ0v) is 8.09. The summed E-state index contributed by atoms with van der Waals surface area (Å²) in [6, 6.07) is 0. The molecule has 0 saturated carbocycles. The molecule has 0 unspecified atom stereocenters. The fraction of sp³-hybridized carbons (Fsp3) is 0. The summed E-state index contributed by atoms with van der Waals surface area (Å²) < 4.78 is 21.2. The van der Waals surface area contributed by atoms with Gasteiger partial charge in [0.2, 0.25) is 0 Å². The molecule has 0 heterocycles. The predicted molar refractivity (Wildman–Crippen MR) is 16.3 cm³/mol. The van der Waals surface area contributed by atoms with Crippen LogP contribution in [0.15, 0.2) is 0 Å². The minimum atomic E-state index is -5.68. The average molecular weight is 296 g/mol. The first-order valence-corrected chi connectivity index (χ1v) is 4.38. The molecule has 11 heteroatoms. The van der Waals surface area contributed by atoms with Crippen LogP contribution in [-0.2, 0) is 47.0 Å². The number of phosphoric acid groups is 2. The number of hydrogen-bond acceptors (Lipinski definition) is 7. The molecule has 0 aromatic carbocycles. The van der Waals surface area contributed by atoms with Crippen LogP contribution in [0, 0.1) is 0 Å². The molecule has 0 bridgehead atoms. The summed E-state index contributed by atoms with van der Waals surface area (Å²) in [6.07, 6.45) is 0. The maximum Gasteiger partial charge on any atom is 2.00 e. The fourth-order valence-electron chi connectivity index (χ4n) is 0.122. The van der Waals surface area contributed by atoms with Gasteiger partial charge in [0.25, 0.3) is 0 Å². The minimum Gasteiger partial charge on any atom is -0.790 e. The molecule has 0 spiro atoms. The van der Waals surface area contributed by atoms with Crippen LogP contribution in [0.4, 0.5) is 0 Å². The number of hydrogen-bond donors (Lipinski definition) is 0. The third-order valence-electron chi connectivity index (χ3n) is 0.200. The second-order valence-electron chi connectivity index (χ2n) is 0.976. The Bertz CT molecular complexity index is 157. The van der Waals surface area contributed by atoms with E-state index in [9.17, 15) is 28.7 Å². The minimum absolute atomic E-state index is 0. The van der Waals surface area contributed by atoms with Crippen molar-refractivity contribution in [2.45, 2.75) is 0 Å². The Morgan fingerprint density at radius 3 is 1.09 bits per heavy atom. The third-order valence-corrected chi connectivity index (χ3v) is 1.80. The van der Waals surface area contributed by atoms with Crippen molar-refractivity contribution in [3.63, 3.8) is 0 Å². The van der Waals surface area contributed by atoms with Gasteiger partial charge in [0.05, 0.1) is 15.6 Å². The Morgan fingerprint density at radius 2 is 1.09 bits per heavy atom. The summed E-state index contributed by atoms with van der Waals surface area (Å²) in [7, 11) is -11.4. The third kappa shape index (κ3) is 18.3. The second kappa shape index (κ2) is 5.84. The Labute approximate surface area is 82.4 Å². The van der Waals surface area contributed by atoms with Gasteiger partial charge in [-0.3, -0.25) is 0 Å².